The summed E-state index contributed by atoms with van der Waals surface area (Å²) in [6, 6.07) is 3.01. The van der Waals surface area contributed by atoms with Crippen molar-refractivity contribution in [3.05, 3.63) is 29.3 Å². The molecule has 0 radical (unpaired) electrons. The summed E-state index contributed by atoms with van der Waals surface area (Å²) in [6.45, 7) is 14.5. The number of ether oxygens (including phenoxy) is 1. The lowest BCUT2D eigenvalue weighted by molar-refractivity contribution is -0.142. The molecule has 0 saturated carbocycles. The standard InChI is InChI=1S/C25H41N3O5/c1-10-12-17(5)26-22(30)20(18-14-11-13-16(4)21(18)29)28(9)23(31)19(15(2)3)27-24(32)33-25(6,7)8/h11,13-15,17,19-20,29H,10,12H2,1-9H3,(H,26,30)(H,27,32). The third kappa shape index (κ3) is 8.26. The van der Waals surface area contributed by atoms with Crippen LogP contribution in [0.1, 0.15) is 78.5 Å². The van der Waals surface area contributed by atoms with Crippen molar-refractivity contribution >= 4 is 17.9 Å². The third-order valence-electron chi connectivity index (χ3n) is 5.26. The molecule has 0 heterocycles. The quantitative estimate of drug-likeness (QED) is 0.512. The third-order valence-corrected chi connectivity index (χ3v) is 5.26. The Labute approximate surface area is 198 Å². The van der Waals surface area contributed by atoms with Gasteiger partial charge in [0.2, 0.25) is 11.8 Å². The lowest BCUT2D eigenvalue weighted by Gasteiger charge is -2.33. The second kappa shape index (κ2) is 11.9. The van der Waals surface area contributed by atoms with Crippen molar-refractivity contribution < 1.29 is 24.2 Å². The summed E-state index contributed by atoms with van der Waals surface area (Å²) in [4.78, 5) is 40.5. The molecule has 0 aliphatic carbocycles. The van der Waals surface area contributed by atoms with E-state index in [2.05, 4.69) is 10.6 Å². The minimum absolute atomic E-state index is 0.0401. The molecule has 0 aliphatic heterocycles. The van der Waals surface area contributed by atoms with Gasteiger partial charge in [-0.2, -0.15) is 0 Å². The molecule has 3 unspecified atom stereocenters. The number of nitrogens with one attached hydrogen (secondary N) is 2. The van der Waals surface area contributed by atoms with E-state index in [4.69, 9.17) is 4.74 Å². The topological polar surface area (TPSA) is 108 Å². The van der Waals surface area contributed by atoms with Gasteiger partial charge in [-0.25, -0.2) is 4.79 Å². The van der Waals surface area contributed by atoms with Crippen molar-refractivity contribution in [2.45, 2.75) is 92.0 Å². The van der Waals surface area contributed by atoms with E-state index in [1.165, 1.54) is 11.9 Å². The van der Waals surface area contributed by atoms with Crippen molar-refractivity contribution in [3.8, 4) is 5.75 Å². The van der Waals surface area contributed by atoms with Crippen LogP contribution in [0, 0.1) is 12.8 Å². The predicted molar refractivity (Wildman–Crippen MR) is 129 cm³/mol. The highest BCUT2D eigenvalue weighted by Gasteiger charge is 2.37. The first-order chi connectivity index (χ1) is 15.2. The molecule has 1 aromatic rings. The number of likely N-dealkylation sites (N-methyl/N-ethyl adjacent to an activating group) is 1. The highest BCUT2D eigenvalue weighted by Crippen LogP contribution is 2.32. The molecule has 3 N–H and O–H groups in total. The zero-order valence-corrected chi connectivity index (χ0v) is 21.5. The Kier molecular flexibility index (Phi) is 10.2. The second-order valence-corrected chi connectivity index (χ2v) is 9.93. The van der Waals surface area contributed by atoms with Crippen LogP contribution in [0.5, 0.6) is 5.75 Å². The maximum absolute atomic E-state index is 13.5. The Morgan fingerprint density at radius 3 is 2.24 bits per heavy atom. The van der Waals surface area contributed by atoms with Gasteiger partial charge in [-0.3, -0.25) is 9.59 Å². The fourth-order valence-electron chi connectivity index (χ4n) is 3.55. The average Bonchev–Trinajstić information content (AvgIpc) is 2.67. The van der Waals surface area contributed by atoms with Gasteiger partial charge in [-0.05, 0) is 52.5 Å². The van der Waals surface area contributed by atoms with Crippen LogP contribution in [0.25, 0.3) is 0 Å². The van der Waals surface area contributed by atoms with E-state index in [0.29, 0.717) is 11.1 Å². The lowest BCUT2D eigenvalue weighted by atomic mass is 9.97. The SMILES string of the molecule is CCCC(C)NC(=O)C(c1cccc(C)c1O)N(C)C(=O)C(NC(=O)OC(C)(C)C)C(C)C. The molecule has 3 amide bonds. The van der Waals surface area contributed by atoms with E-state index in [1.54, 1.807) is 59.7 Å². The van der Waals surface area contributed by atoms with Gasteiger partial charge in [-0.15, -0.1) is 0 Å². The molecular weight excluding hydrogens is 422 g/mol. The number of carbonyl (C=O) groups excluding carboxylic acids is 3. The zero-order chi connectivity index (χ0) is 25.5. The molecule has 1 rings (SSSR count). The first-order valence-corrected chi connectivity index (χ1v) is 11.5. The number of rotatable bonds is 9. The van der Waals surface area contributed by atoms with Gasteiger partial charge in [-0.1, -0.05) is 45.4 Å². The minimum atomic E-state index is -1.07. The zero-order valence-electron chi connectivity index (χ0n) is 21.5. The summed E-state index contributed by atoms with van der Waals surface area (Å²) < 4.78 is 5.32. The summed E-state index contributed by atoms with van der Waals surface area (Å²) in [7, 11) is 1.50. The van der Waals surface area contributed by atoms with Crippen molar-refractivity contribution in [2.75, 3.05) is 7.05 Å². The fourth-order valence-corrected chi connectivity index (χ4v) is 3.55. The van der Waals surface area contributed by atoms with Crippen LogP contribution >= 0.6 is 0 Å². The Morgan fingerprint density at radius 1 is 1.12 bits per heavy atom. The molecule has 3 atom stereocenters. The first-order valence-electron chi connectivity index (χ1n) is 11.5. The van der Waals surface area contributed by atoms with E-state index in [0.717, 1.165) is 12.8 Å². The van der Waals surface area contributed by atoms with Gasteiger partial charge in [0, 0.05) is 18.7 Å². The number of alkyl carbamates (subject to hydrolysis) is 1. The smallest absolute Gasteiger partial charge is 0.408 e. The average molecular weight is 464 g/mol. The van der Waals surface area contributed by atoms with Gasteiger partial charge in [0.15, 0.2) is 0 Å². The first kappa shape index (κ1) is 28.3. The minimum Gasteiger partial charge on any atom is -0.507 e. The van der Waals surface area contributed by atoms with Crippen molar-refractivity contribution in [1.82, 2.24) is 15.5 Å². The molecule has 0 saturated heterocycles. The van der Waals surface area contributed by atoms with Crippen LogP contribution in [-0.4, -0.2) is 52.6 Å². The van der Waals surface area contributed by atoms with Crippen LogP contribution in [0.2, 0.25) is 0 Å². The predicted octanol–water partition coefficient (Wildman–Crippen LogP) is 4.05. The number of aromatic hydroxyl groups is 1. The Hall–Kier alpha value is -2.77. The van der Waals surface area contributed by atoms with Crippen LogP contribution in [-0.2, 0) is 14.3 Å². The largest absolute Gasteiger partial charge is 0.507 e. The summed E-state index contributed by atoms with van der Waals surface area (Å²) in [5.74, 6) is -1.16. The number of hydrogen-bond donors (Lipinski definition) is 3. The number of phenols is 1. The summed E-state index contributed by atoms with van der Waals surface area (Å²) in [5.41, 5.74) is 0.207. The number of nitrogens with zero attached hydrogens (tertiary/aromatic N) is 1. The van der Waals surface area contributed by atoms with Gasteiger partial charge in [0.25, 0.3) is 0 Å². The molecule has 0 aromatic heterocycles. The van der Waals surface area contributed by atoms with Crippen molar-refractivity contribution in [2.24, 2.45) is 5.92 Å². The number of benzene rings is 1. The summed E-state index contributed by atoms with van der Waals surface area (Å²) in [6.07, 6.45) is 0.968. The molecule has 8 nitrogen and oxygen atoms in total. The number of phenolic OH excluding ortho intramolecular Hbond substituents is 1. The molecule has 33 heavy (non-hydrogen) atoms. The van der Waals surface area contributed by atoms with E-state index in [-0.39, 0.29) is 17.7 Å². The second-order valence-electron chi connectivity index (χ2n) is 9.93. The highest BCUT2D eigenvalue weighted by molar-refractivity contribution is 5.92. The molecule has 0 fully saturated rings. The maximum Gasteiger partial charge on any atom is 0.408 e. The number of carbonyl (C=O) groups is 3. The number of aryl methyl sites for hydroxylation is 1. The van der Waals surface area contributed by atoms with E-state index in [1.807, 2.05) is 13.8 Å². The normalized spacial score (nSPS) is 14.2. The Morgan fingerprint density at radius 2 is 1.73 bits per heavy atom. The fraction of sp³-hybridized carbons (Fsp3) is 0.640. The van der Waals surface area contributed by atoms with Gasteiger partial charge in [0.05, 0.1) is 0 Å². The Balaban J connectivity index is 3.32. The monoisotopic (exact) mass is 463 g/mol. The molecule has 0 bridgehead atoms. The highest BCUT2D eigenvalue weighted by atomic mass is 16.6. The van der Waals surface area contributed by atoms with Gasteiger partial charge >= 0.3 is 6.09 Å². The van der Waals surface area contributed by atoms with E-state index >= 15 is 0 Å². The molecule has 0 aliphatic rings. The van der Waals surface area contributed by atoms with Crippen LogP contribution < -0.4 is 10.6 Å². The number of para-hydroxylation sites is 1. The Bertz CT molecular complexity index is 832. The van der Waals surface area contributed by atoms with Gasteiger partial charge < -0.3 is 25.4 Å². The molecular formula is C25H41N3O5. The van der Waals surface area contributed by atoms with Crippen LogP contribution in [0.3, 0.4) is 0 Å². The number of amides is 3. The maximum atomic E-state index is 13.5. The van der Waals surface area contributed by atoms with Gasteiger partial charge in [0.1, 0.15) is 23.4 Å². The van der Waals surface area contributed by atoms with Crippen molar-refractivity contribution in [3.63, 3.8) is 0 Å². The van der Waals surface area contributed by atoms with Crippen molar-refractivity contribution in [1.29, 1.82) is 0 Å². The number of hydrogen-bond acceptors (Lipinski definition) is 5. The van der Waals surface area contributed by atoms with E-state index < -0.39 is 35.6 Å². The molecule has 1 aromatic carbocycles. The molecule has 8 heteroatoms. The molecule has 186 valence electrons. The van der Waals surface area contributed by atoms with E-state index in [9.17, 15) is 19.5 Å². The lowest BCUT2D eigenvalue weighted by Crippen LogP contribution is -2.54. The van der Waals surface area contributed by atoms with Crippen LogP contribution in [0.15, 0.2) is 18.2 Å². The summed E-state index contributed by atoms with van der Waals surface area (Å²) in [5, 5.41) is 16.3. The molecule has 0 spiro atoms. The summed E-state index contributed by atoms with van der Waals surface area (Å²) >= 11 is 0. The van der Waals surface area contributed by atoms with Crippen LogP contribution in [0.4, 0.5) is 4.79 Å².